The Morgan fingerprint density at radius 1 is 0.955 bits per heavy atom. The number of nitrogens with one attached hydrogen (secondary N) is 1. The number of amides is 1. The van der Waals surface area contributed by atoms with Gasteiger partial charge in [0.2, 0.25) is 5.91 Å². The van der Waals surface area contributed by atoms with E-state index in [0.717, 1.165) is 45.6 Å². The van der Waals surface area contributed by atoms with Gasteiger partial charge in [-0.15, -0.1) is 0 Å². The molecule has 5 nitrogen and oxygen atoms in total. The SMILES string of the molecule is CC.CCCCN(C)CCOCCCCCOCC(=O)NC. The number of carbonyl (C=O) groups is 1. The lowest BCUT2D eigenvalue weighted by molar-refractivity contribution is -0.125. The lowest BCUT2D eigenvalue weighted by atomic mass is 10.2. The molecule has 0 saturated heterocycles. The summed E-state index contributed by atoms with van der Waals surface area (Å²) in [6.07, 6.45) is 5.62. The summed E-state index contributed by atoms with van der Waals surface area (Å²) in [7, 11) is 3.76. The molecule has 0 atom stereocenters. The van der Waals surface area contributed by atoms with E-state index in [2.05, 4.69) is 24.2 Å². The van der Waals surface area contributed by atoms with Crippen LogP contribution in [0, 0.1) is 0 Å². The van der Waals surface area contributed by atoms with Crippen LogP contribution in [0.3, 0.4) is 0 Å². The lowest BCUT2D eigenvalue weighted by Crippen LogP contribution is -2.24. The molecule has 0 spiro atoms. The number of hydrogen-bond acceptors (Lipinski definition) is 4. The van der Waals surface area contributed by atoms with Crippen LogP contribution < -0.4 is 5.32 Å². The number of rotatable bonds is 14. The molecule has 0 bridgehead atoms. The van der Waals surface area contributed by atoms with Gasteiger partial charge >= 0.3 is 0 Å². The fourth-order valence-electron chi connectivity index (χ4n) is 1.68. The third kappa shape index (κ3) is 19.4. The topological polar surface area (TPSA) is 50.8 Å². The summed E-state index contributed by atoms with van der Waals surface area (Å²) in [5.74, 6) is -0.0690. The van der Waals surface area contributed by atoms with Gasteiger partial charge in [-0.25, -0.2) is 0 Å². The highest BCUT2D eigenvalue weighted by Crippen LogP contribution is 1.97. The van der Waals surface area contributed by atoms with Crippen molar-refractivity contribution in [1.29, 1.82) is 0 Å². The third-order valence-corrected chi connectivity index (χ3v) is 3.10. The van der Waals surface area contributed by atoms with Crippen LogP contribution in [0.4, 0.5) is 0 Å². The molecule has 0 aromatic rings. The maximum Gasteiger partial charge on any atom is 0.245 e. The summed E-state index contributed by atoms with van der Waals surface area (Å²) in [6.45, 7) is 10.8. The Labute approximate surface area is 137 Å². The molecule has 1 amide bonds. The van der Waals surface area contributed by atoms with Crippen molar-refractivity contribution in [3.63, 3.8) is 0 Å². The van der Waals surface area contributed by atoms with Crippen molar-refractivity contribution < 1.29 is 14.3 Å². The lowest BCUT2D eigenvalue weighted by Gasteiger charge is -2.15. The molecule has 134 valence electrons. The van der Waals surface area contributed by atoms with Gasteiger partial charge in [0, 0.05) is 26.8 Å². The van der Waals surface area contributed by atoms with Crippen LogP contribution in [0.5, 0.6) is 0 Å². The molecule has 0 heterocycles. The van der Waals surface area contributed by atoms with Gasteiger partial charge in [0.1, 0.15) is 6.61 Å². The van der Waals surface area contributed by atoms with Crippen molar-refractivity contribution >= 4 is 5.91 Å². The Morgan fingerprint density at radius 2 is 1.59 bits per heavy atom. The maximum absolute atomic E-state index is 10.9. The quantitative estimate of drug-likeness (QED) is 0.500. The van der Waals surface area contributed by atoms with Gasteiger partial charge < -0.3 is 19.7 Å². The van der Waals surface area contributed by atoms with Gasteiger partial charge in [0.05, 0.1) is 6.61 Å². The molecular weight excluding hydrogens is 280 g/mol. The number of carbonyl (C=O) groups excluding carboxylic acids is 1. The zero-order valence-electron chi connectivity index (χ0n) is 15.5. The molecule has 0 rings (SSSR count). The van der Waals surface area contributed by atoms with E-state index in [-0.39, 0.29) is 12.5 Å². The molecule has 0 radical (unpaired) electrons. The van der Waals surface area contributed by atoms with Crippen LogP contribution in [-0.2, 0) is 14.3 Å². The summed E-state index contributed by atoms with van der Waals surface area (Å²) >= 11 is 0. The second kappa shape index (κ2) is 20.3. The average Bonchev–Trinajstić information content (AvgIpc) is 2.56. The Morgan fingerprint density at radius 3 is 2.18 bits per heavy atom. The van der Waals surface area contributed by atoms with Gasteiger partial charge in [0.25, 0.3) is 0 Å². The summed E-state index contributed by atoms with van der Waals surface area (Å²) in [6, 6.07) is 0. The van der Waals surface area contributed by atoms with E-state index in [1.807, 2.05) is 13.8 Å². The Bertz CT molecular complexity index is 226. The van der Waals surface area contributed by atoms with Gasteiger partial charge in [-0.2, -0.15) is 0 Å². The first-order chi connectivity index (χ1) is 10.7. The number of hydrogen-bond donors (Lipinski definition) is 1. The first kappa shape index (κ1) is 23.6. The predicted molar refractivity (Wildman–Crippen MR) is 93.3 cm³/mol. The number of nitrogens with zero attached hydrogens (tertiary/aromatic N) is 1. The van der Waals surface area contributed by atoms with Gasteiger partial charge in [0.15, 0.2) is 0 Å². The molecule has 0 aliphatic carbocycles. The summed E-state index contributed by atoms with van der Waals surface area (Å²) in [5.41, 5.74) is 0. The summed E-state index contributed by atoms with van der Waals surface area (Å²) < 4.78 is 10.8. The third-order valence-electron chi connectivity index (χ3n) is 3.10. The van der Waals surface area contributed by atoms with Gasteiger partial charge in [-0.3, -0.25) is 4.79 Å². The molecule has 0 fully saturated rings. The monoisotopic (exact) mass is 318 g/mol. The molecule has 0 aromatic heterocycles. The second-order valence-corrected chi connectivity index (χ2v) is 5.06. The normalized spacial score (nSPS) is 10.3. The second-order valence-electron chi connectivity index (χ2n) is 5.06. The van der Waals surface area contributed by atoms with Crippen LogP contribution in [-0.4, -0.2) is 64.4 Å². The molecular formula is C17H38N2O3. The van der Waals surface area contributed by atoms with Crippen molar-refractivity contribution in [2.75, 3.05) is 53.6 Å². The van der Waals surface area contributed by atoms with E-state index in [1.54, 1.807) is 7.05 Å². The fourth-order valence-corrected chi connectivity index (χ4v) is 1.68. The van der Waals surface area contributed by atoms with Crippen molar-refractivity contribution in [2.45, 2.75) is 52.9 Å². The van der Waals surface area contributed by atoms with Gasteiger partial charge in [-0.05, 0) is 39.3 Å². The Balaban J connectivity index is 0. The molecule has 0 saturated carbocycles. The van der Waals surface area contributed by atoms with E-state index < -0.39 is 0 Å². The highest BCUT2D eigenvalue weighted by Gasteiger charge is 1.98. The Kier molecular flexibility index (Phi) is 21.8. The predicted octanol–water partition coefficient (Wildman–Crippen LogP) is 2.69. The first-order valence-electron chi connectivity index (χ1n) is 8.75. The van der Waals surface area contributed by atoms with Crippen LogP contribution in [0.2, 0.25) is 0 Å². The average molecular weight is 319 g/mol. The summed E-state index contributed by atoms with van der Waals surface area (Å²) in [5, 5.41) is 2.52. The number of unbranched alkanes of at least 4 members (excludes halogenated alkanes) is 3. The van der Waals surface area contributed by atoms with Crippen LogP contribution in [0.1, 0.15) is 52.9 Å². The van der Waals surface area contributed by atoms with E-state index in [1.165, 1.54) is 12.8 Å². The number of ether oxygens (including phenoxy) is 2. The van der Waals surface area contributed by atoms with Crippen LogP contribution in [0.15, 0.2) is 0 Å². The van der Waals surface area contributed by atoms with Crippen LogP contribution >= 0.6 is 0 Å². The zero-order valence-corrected chi connectivity index (χ0v) is 15.5. The van der Waals surface area contributed by atoms with Crippen molar-refractivity contribution in [1.82, 2.24) is 10.2 Å². The molecule has 0 aromatic carbocycles. The highest BCUT2D eigenvalue weighted by molar-refractivity contribution is 5.76. The molecule has 0 unspecified atom stereocenters. The van der Waals surface area contributed by atoms with Gasteiger partial charge in [-0.1, -0.05) is 27.2 Å². The van der Waals surface area contributed by atoms with Crippen LogP contribution in [0.25, 0.3) is 0 Å². The molecule has 0 aliphatic heterocycles. The minimum absolute atomic E-state index is 0.0690. The molecule has 1 N–H and O–H groups in total. The minimum Gasteiger partial charge on any atom is -0.380 e. The van der Waals surface area contributed by atoms with Crippen molar-refractivity contribution in [3.05, 3.63) is 0 Å². The van der Waals surface area contributed by atoms with Crippen molar-refractivity contribution in [2.24, 2.45) is 0 Å². The summed E-state index contributed by atoms with van der Waals surface area (Å²) in [4.78, 5) is 13.2. The minimum atomic E-state index is -0.0690. The van der Waals surface area contributed by atoms with E-state index in [9.17, 15) is 4.79 Å². The first-order valence-corrected chi connectivity index (χ1v) is 8.75. The van der Waals surface area contributed by atoms with E-state index >= 15 is 0 Å². The molecule has 0 aliphatic rings. The number of likely N-dealkylation sites (N-methyl/N-ethyl adjacent to an activating group) is 2. The van der Waals surface area contributed by atoms with E-state index in [0.29, 0.717) is 6.61 Å². The largest absolute Gasteiger partial charge is 0.380 e. The zero-order chi connectivity index (χ0) is 17.1. The fraction of sp³-hybridized carbons (Fsp3) is 0.941. The maximum atomic E-state index is 10.9. The van der Waals surface area contributed by atoms with E-state index in [4.69, 9.17) is 9.47 Å². The Hall–Kier alpha value is -0.650. The standard InChI is InChI=1S/C15H32N2O3.C2H6/c1-4-5-9-17(3)10-13-19-11-7-6-8-12-20-14-15(18)16-2;1-2/h4-14H2,1-3H3,(H,16,18);1-2H3. The molecule has 5 heteroatoms. The molecule has 22 heavy (non-hydrogen) atoms. The smallest absolute Gasteiger partial charge is 0.245 e. The van der Waals surface area contributed by atoms with Crippen molar-refractivity contribution in [3.8, 4) is 0 Å². The highest BCUT2D eigenvalue weighted by atomic mass is 16.5.